The Hall–Kier alpha value is -0.960. The molecule has 0 radical (unpaired) electrons. The maximum absolute atomic E-state index is 12.5. The third-order valence-electron chi connectivity index (χ3n) is 3.73. The average Bonchev–Trinajstić information content (AvgIpc) is 2.54. The van der Waals surface area contributed by atoms with E-state index < -0.39 is 20.0 Å². The standard InChI is InChI=1S/C14H22N2O4S2/c1-2-3-13-21(17,18)15-9-11-16(12-10-15)22(19,20)14-7-5-4-6-8-14/h4-8H,2-3,9-13H2,1H3. The maximum atomic E-state index is 12.5. The maximum Gasteiger partial charge on any atom is 0.243 e. The quantitative estimate of drug-likeness (QED) is 0.774. The molecule has 1 aliphatic heterocycles. The number of nitrogens with zero attached hydrogens (tertiary/aromatic N) is 2. The van der Waals surface area contributed by atoms with E-state index in [0.29, 0.717) is 6.42 Å². The Labute approximate surface area is 132 Å². The van der Waals surface area contributed by atoms with Gasteiger partial charge in [-0.3, -0.25) is 0 Å². The van der Waals surface area contributed by atoms with E-state index in [1.165, 1.54) is 8.61 Å². The minimum Gasteiger partial charge on any atom is -0.212 e. The zero-order chi connectivity index (χ0) is 16.2. The third-order valence-corrected chi connectivity index (χ3v) is 7.60. The van der Waals surface area contributed by atoms with E-state index in [0.717, 1.165) is 6.42 Å². The summed E-state index contributed by atoms with van der Waals surface area (Å²) in [4.78, 5) is 0.247. The van der Waals surface area contributed by atoms with Crippen molar-refractivity contribution in [1.29, 1.82) is 0 Å². The van der Waals surface area contributed by atoms with Gasteiger partial charge in [-0.15, -0.1) is 0 Å². The van der Waals surface area contributed by atoms with Gasteiger partial charge in [0, 0.05) is 26.2 Å². The average molecular weight is 346 g/mol. The van der Waals surface area contributed by atoms with Crippen molar-refractivity contribution < 1.29 is 16.8 Å². The van der Waals surface area contributed by atoms with Crippen LogP contribution in [0.15, 0.2) is 35.2 Å². The predicted octanol–water partition coefficient (Wildman–Crippen LogP) is 1.12. The number of hydrogen-bond donors (Lipinski definition) is 0. The number of piperazine rings is 1. The summed E-state index contributed by atoms with van der Waals surface area (Å²) in [7, 11) is -6.80. The third kappa shape index (κ3) is 3.87. The van der Waals surface area contributed by atoms with Gasteiger partial charge in [-0.25, -0.2) is 16.8 Å². The number of rotatable bonds is 6. The molecule has 0 aliphatic carbocycles. The molecule has 0 unspecified atom stereocenters. The SMILES string of the molecule is CCCCS(=O)(=O)N1CCN(S(=O)(=O)c2ccccc2)CC1. The highest BCUT2D eigenvalue weighted by Gasteiger charge is 2.32. The van der Waals surface area contributed by atoms with Crippen LogP contribution in [0.25, 0.3) is 0 Å². The van der Waals surface area contributed by atoms with Gasteiger partial charge in [0.2, 0.25) is 20.0 Å². The zero-order valence-corrected chi connectivity index (χ0v) is 14.3. The Morgan fingerprint density at radius 1 is 0.909 bits per heavy atom. The number of hydrogen-bond acceptors (Lipinski definition) is 4. The van der Waals surface area contributed by atoms with Gasteiger partial charge < -0.3 is 0 Å². The molecule has 0 amide bonds. The molecule has 2 rings (SSSR count). The number of benzene rings is 1. The first-order valence-electron chi connectivity index (χ1n) is 7.41. The first-order valence-corrected chi connectivity index (χ1v) is 10.5. The van der Waals surface area contributed by atoms with Crippen molar-refractivity contribution in [3.8, 4) is 0 Å². The van der Waals surface area contributed by atoms with Gasteiger partial charge in [-0.05, 0) is 18.6 Å². The molecule has 1 aromatic rings. The van der Waals surface area contributed by atoms with Crippen LogP contribution in [0, 0.1) is 0 Å². The minimum atomic E-state index is -3.54. The van der Waals surface area contributed by atoms with E-state index in [2.05, 4.69) is 0 Å². The van der Waals surface area contributed by atoms with E-state index in [1.807, 2.05) is 6.92 Å². The summed E-state index contributed by atoms with van der Waals surface area (Å²) in [6, 6.07) is 8.23. The van der Waals surface area contributed by atoms with Crippen molar-refractivity contribution in [1.82, 2.24) is 8.61 Å². The fourth-order valence-electron chi connectivity index (χ4n) is 2.39. The van der Waals surface area contributed by atoms with Crippen LogP contribution in [-0.2, 0) is 20.0 Å². The molecule has 0 aromatic heterocycles. The smallest absolute Gasteiger partial charge is 0.212 e. The van der Waals surface area contributed by atoms with Gasteiger partial charge >= 0.3 is 0 Å². The molecule has 8 heteroatoms. The van der Waals surface area contributed by atoms with Crippen LogP contribution in [0.1, 0.15) is 19.8 Å². The van der Waals surface area contributed by atoms with E-state index in [1.54, 1.807) is 30.3 Å². The summed E-state index contributed by atoms with van der Waals surface area (Å²) >= 11 is 0. The van der Waals surface area contributed by atoms with E-state index in [-0.39, 0.29) is 36.8 Å². The van der Waals surface area contributed by atoms with Crippen molar-refractivity contribution in [2.24, 2.45) is 0 Å². The topological polar surface area (TPSA) is 74.8 Å². The lowest BCUT2D eigenvalue weighted by Gasteiger charge is -2.33. The molecule has 0 atom stereocenters. The molecule has 124 valence electrons. The van der Waals surface area contributed by atoms with Crippen molar-refractivity contribution >= 4 is 20.0 Å². The Balaban J connectivity index is 2.04. The summed E-state index contributed by atoms with van der Waals surface area (Å²) < 4.78 is 52.0. The van der Waals surface area contributed by atoms with E-state index >= 15 is 0 Å². The molecule has 1 saturated heterocycles. The summed E-state index contributed by atoms with van der Waals surface area (Å²) in [5.74, 6) is 0.134. The number of sulfonamides is 2. The van der Waals surface area contributed by atoms with E-state index in [4.69, 9.17) is 0 Å². The lowest BCUT2D eigenvalue weighted by Crippen LogP contribution is -2.50. The van der Waals surface area contributed by atoms with Crippen LogP contribution in [-0.4, -0.2) is 57.4 Å². The van der Waals surface area contributed by atoms with Gasteiger partial charge in [-0.2, -0.15) is 8.61 Å². The molecule has 1 aromatic carbocycles. The van der Waals surface area contributed by atoms with Gasteiger partial charge in [-0.1, -0.05) is 31.5 Å². The van der Waals surface area contributed by atoms with E-state index in [9.17, 15) is 16.8 Å². The molecule has 0 saturated carbocycles. The van der Waals surface area contributed by atoms with Crippen LogP contribution < -0.4 is 0 Å². The highest BCUT2D eigenvalue weighted by Crippen LogP contribution is 2.18. The van der Waals surface area contributed by atoms with Crippen LogP contribution in [0.5, 0.6) is 0 Å². The molecule has 1 fully saturated rings. The molecule has 1 aliphatic rings. The second-order valence-corrected chi connectivity index (χ2v) is 9.31. The minimum absolute atomic E-state index is 0.134. The highest BCUT2D eigenvalue weighted by atomic mass is 32.2. The summed E-state index contributed by atoms with van der Waals surface area (Å²) in [6.45, 7) is 2.78. The largest absolute Gasteiger partial charge is 0.243 e. The van der Waals surface area contributed by atoms with Gasteiger partial charge in [0.25, 0.3) is 0 Å². The van der Waals surface area contributed by atoms with Crippen LogP contribution in [0.4, 0.5) is 0 Å². The fraction of sp³-hybridized carbons (Fsp3) is 0.571. The van der Waals surface area contributed by atoms with Crippen molar-refractivity contribution in [2.75, 3.05) is 31.9 Å². The first-order chi connectivity index (χ1) is 10.4. The molecule has 22 heavy (non-hydrogen) atoms. The van der Waals surface area contributed by atoms with Gasteiger partial charge in [0.05, 0.1) is 10.6 Å². The second kappa shape index (κ2) is 7.08. The van der Waals surface area contributed by atoms with Crippen LogP contribution >= 0.6 is 0 Å². The lowest BCUT2D eigenvalue weighted by atomic mass is 10.4. The summed E-state index contributed by atoms with van der Waals surface area (Å²) in [5.41, 5.74) is 0. The summed E-state index contributed by atoms with van der Waals surface area (Å²) in [6.07, 6.45) is 1.45. The van der Waals surface area contributed by atoms with Crippen LogP contribution in [0.2, 0.25) is 0 Å². The predicted molar refractivity (Wildman–Crippen MR) is 85.5 cm³/mol. The number of unbranched alkanes of at least 4 members (excludes halogenated alkanes) is 1. The zero-order valence-electron chi connectivity index (χ0n) is 12.7. The normalized spacial score (nSPS) is 18.4. The van der Waals surface area contributed by atoms with Gasteiger partial charge in [0.1, 0.15) is 0 Å². The fourth-order valence-corrected chi connectivity index (χ4v) is 5.46. The van der Waals surface area contributed by atoms with Crippen molar-refractivity contribution in [3.63, 3.8) is 0 Å². The van der Waals surface area contributed by atoms with Gasteiger partial charge in [0.15, 0.2) is 0 Å². The molecule has 0 spiro atoms. The molecule has 6 nitrogen and oxygen atoms in total. The monoisotopic (exact) mass is 346 g/mol. The molecule has 1 heterocycles. The molecule has 0 N–H and O–H groups in total. The van der Waals surface area contributed by atoms with Crippen molar-refractivity contribution in [3.05, 3.63) is 30.3 Å². The highest BCUT2D eigenvalue weighted by molar-refractivity contribution is 7.89. The Bertz CT molecular complexity index is 679. The van der Waals surface area contributed by atoms with Crippen LogP contribution in [0.3, 0.4) is 0 Å². The Morgan fingerprint density at radius 2 is 1.45 bits per heavy atom. The lowest BCUT2D eigenvalue weighted by molar-refractivity contribution is 0.272. The Morgan fingerprint density at radius 3 is 2.00 bits per heavy atom. The Kier molecular flexibility index (Phi) is 5.60. The second-order valence-electron chi connectivity index (χ2n) is 5.29. The first kappa shape index (κ1) is 17.4. The molecular formula is C14H22N2O4S2. The summed E-state index contributed by atoms with van der Waals surface area (Å²) in [5, 5.41) is 0. The van der Waals surface area contributed by atoms with Crippen molar-refractivity contribution in [2.45, 2.75) is 24.7 Å². The molecular weight excluding hydrogens is 324 g/mol. The molecule has 0 bridgehead atoms.